The van der Waals surface area contributed by atoms with Crippen LogP contribution in [-0.2, 0) is 4.79 Å². The highest BCUT2D eigenvalue weighted by Crippen LogP contribution is 2.25. The van der Waals surface area contributed by atoms with Gasteiger partial charge in [0, 0.05) is 23.5 Å². The number of rotatable bonds is 3. The zero-order valence-corrected chi connectivity index (χ0v) is 12.1. The van der Waals surface area contributed by atoms with Crippen LogP contribution in [0.1, 0.15) is 12.0 Å². The lowest BCUT2D eigenvalue weighted by Gasteiger charge is -2.38. The first kappa shape index (κ1) is 14.3. The minimum Gasteiger partial charge on any atom is -0.481 e. The number of benzene rings is 1. The van der Waals surface area contributed by atoms with Crippen molar-refractivity contribution < 1.29 is 14.7 Å². The highest BCUT2D eigenvalue weighted by Gasteiger charge is 2.32. The Morgan fingerprint density at radius 2 is 2.20 bits per heavy atom. The second-order valence-electron chi connectivity index (χ2n) is 4.61. The fourth-order valence-corrected chi connectivity index (χ4v) is 2.47. The van der Waals surface area contributed by atoms with E-state index in [1.54, 1.807) is 23.1 Å². The first-order chi connectivity index (χ1) is 9.49. The molecule has 1 aliphatic heterocycles. The molecule has 0 unspecified atom stereocenters. The number of anilines is 1. The Morgan fingerprint density at radius 3 is 2.75 bits per heavy atom. The van der Waals surface area contributed by atoms with E-state index in [1.807, 2.05) is 6.07 Å². The van der Waals surface area contributed by atoms with Crippen LogP contribution < -0.4 is 5.32 Å². The Labute approximate surface area is 124 Å². The maximum Gasteiger partial charge on any atom is 0.321 e. The van der Waals surface area contributed by atoms with Crippen LogP contribution in [0.5, 0.6) is 0 Å². The Bertz CT molecular complexity index is 591. The summed E-state index contributed by atoms with van der Waals surface area (Å²) in [7, 11) is 0. The molecule has 0 spiro atoms. The van der Waals surface area contributed by atoms with Crippen LogP contribution in [0.25, 0.3) is 0 Å². The van der Waals surface area contributed by atoms with Crippen LogP contribution in [0.15, 0.2) is 22.7 Å². The van der Waals surface area contributed by atoms with E-state index in [9.17, 15) is 9.59 Å². The molecule has 1 aromatic carbocycles. The predicted molar refractivity (Wildman–Crippen MR) is 75.2 cm³/mol. The van der Waals surface area contributed by atoms with Gasteiger partial charge in [0.15, 0.2) is 0 Å². The van der Waals surface area contributed by atoms with Gasteiger partial charge in [-0.3, -0.25) is 4.79 Å². The molecule has 20 heavy (non-hydrogen) atoms. The summed E-state index contributed by atoms with van der Waals surface area (Å²) in [5, 5.41) is 20.1. The van der Waals surface area contributed by atoms with Gasteiger partial charge in [0.05, 0.1) is 23.7 Å². The van der Waals surface area contributed by atoms with Gasteiger partial charge in [0.2, 0.25) is 0 Å². The highest BCUT2D eigenvalue weighted by molar-refractivity contribution is 9.10. The van der Waals surface area contributed by atoms with Crippen LogP contribution in [0.4, 0.5) is 10.5 Å². The van der Waals surface area contributed by atoms with Gasteiger partial charge in [-0.25, -0.2) is 4.79 Å². The first-order valence-corrected chi connectivity index (χ1v) is 6.76. The van der Waals surface area contributed by atoms with Crippen molar-refractivity contribution >= 4 is 33.6 Å². The van der Waals surface area contributed by atoms with Crippen molar-refractivity contribution in [3.05, 3.63) is 28.2 Å². The number of carboxylic acids is 1. The average molecular weight is 338 g/mol. The number of amides is 2. The predicted octanol–water partition coefficient (Wildman–Crippen LogP) is 2.26. The summed E-state index contributed by atoms with van der Waals surface area (Å²) < 4.78 is 0.632. The molecule has 2 N–H and O–H groups in total. The molecular formula is C13H12BrN3O3. The summed E-state index contributed by atoms with van der Waals surface area (Å²) in [5.74, 6) is -0.812. The highest BCUT2D eigenvalue weighted by atomic mass is 79.9. The smallest absolute Gasteiger partial charge is 0.321 e. The maximum atomic E-state index is 11.9. The van der Waals surface area contributed by atoms with Gasteiger partial charge in [0.1, 0.15) is 0 Å². The van der Waals surface area contributed by atoms with Crippen molar-refractivity contribution in [1.29, 1.82) is 5.26 Å². The summed E-state index contributed by atoms with van der Waals surface area (Å²) in [5.41, 5.74) is 1.08. The Hall–Kier alpha value is -2.07. The van der Waals surface area contributed by atoms with E-state index < -0.39 is 5.97 Å². The number of aliphatic carboxylic acids is 1. The zero-order chi connectivity index (χ0) is 14.7. The second-order valence-corrected chi connectivity index (χ2v) is 5.46. The molecule has 0 atom stereocenters. The molecule has 0 saturated carbocycles. The topological polar surface area (TPSA) is 93.4 Å². The van der Waals surface area contributed by atoms with Gasteiger partial charge < -0.3 is 15.3 Å². The van der Waals surface area contributed by atoms with E-state index in [0.29, 0.717) is 28.8 Å². The summed E-state index contributed by atoms with van der Waals surface area (Å²) in [4.78, 5) is 24.0. The first-order valence-electron chi connectivity index (χ1n) is 5.97. The molecule has 7 heteroatoms. The van der Waals surface area contributed by atoms with E-state index in [2.05, 4.69) is 21.2 Å². The Kier molecular flexibility index (Phi) is 4.25. The molecule has 1 heterocycles. The number of hydrogen-bond acceptors (Lipinski definition) is 3. The number of carbonyl (C=O) groups is 2. The summed E-state index contributed by atoms with van der Waals surface area (Å²) in [6.45, 7) is 0.901. The number of nitrogens with zero attached hydrogens (tertiary/aromatic N) is 2. The monoisotopic (exact) mass is 337 g/mol. The molecule has 104 valence electrons. The van der Waals surface area contributed by atoms with Crippen LogP contribution in [0.2, 0.25) is 0 Å². The van der Waals surface area contributed by atoms with Crippen molar-refractivity contribution in [3.8, 4) is 6.07 Å². The minimum atomic E-state index is -0.843. The normalized spacial score (nSPS) is 14.3. The van der Waals surface area contributed by atoms with Gasteiger partial charge >= 0.3 is 12.0 Å². The molecule has 0 radical (unpaired) electrons. The zero-order valence-electron chi connectivity index (χ0n) is 10.5. The van der Waals surface area contributed by atoms with Gasteiger partial charge in [-0.1, -0.05) is 0 Å². The Morgan fingerprint density at radius 1 is 1.50 bits per heavy atom. The molecule has 2 amide bonds. The number of likely N-dealkylation sites (tertiary alicyclic amines) is 1. The lowest BCUT2D eigenvalue weighted by Crippen LogP contribution is -2.52. The fourth-order valence-electron chi connectivity index (χ4n) is 1.99. The maximum absolute atomic E-state index is 11.9. The molecular weight excluding hydrogens is 326 g/mol. The molecule has 1 saturated heterocycles. The van der Waals surface area contributed by atoms with Crippen molar-refractivity contribution in [2.45, 2.75) is 6.42 Å². The summed E-state index contributed by atoms with van der Waals surface area (Å²) in [6.07, 6.45) is 0.0876. The number of carbonyl (C=O) groups excluding carboxylic acids is 1. The largest absolute Gasteiger partial charge is 0.481 e. The summed E-state index contributed by atoms with van der Waals surface area (Å²) in [6, 6.07) is 6.63. The third-order valence-electron chi connectivity index (χ3n) is 3.05. The number of urea groups is 1. The molecule has 1 aliphatic rings. The van der Waals surface area contributed by atoms with E-state index in [0.717, 1.165) is 0 Å². The van der Waals surface area contributed by atoms with Gasteiger partial charge in [-0.2, -0.15) is 5.26 Å². The average Bonchev–Trinajstić information content (AvgIpc) is 2.35. The number of carboxylic acid groups (broad SMARTS) is 1. The van der Waals surface area contributed by atoms with Crippen molar-refractivity contribution in [2.24, 2.45) is 5.92 Å². The third kappa shape index (κ3) is 3.27. The fraction of sp³-hybridized carbons (Fsp3) is 0.308. The number of hydrogen-bond donors (Lipinski definition) is 2. The number of halogens is 1. The summed E-state index contributed by atoms with van der Waals surface area (Å²) >= 11 is 3.29. The third-order valence-corrected chi connectivity index (χ3v) is 3.70. The van der Waals surface area contributed by atoms with E-state index in [-0.39, 0.29) is 18.4 Å². The second kappa shape index (κ2) is 5.92. The molecule has 6 nitrogen and oxygen atoms in total. The van der Waals surface area contributed by atoms with Gasteiger partial charge in [-0.05, 0) is 34.1 Å². The molecule has 1 fully saturated rings. The number of nitrogens with one attached hydrogen (secondary N) is 1. The SMILES string of the molecule is N#Cc1ccc(NC(=O)N2CC(CC(=O)O)C2)c(Br)c1. The quantitative estimate of drug-likeness (QED) is 0.884. The van der Waals surface area contributed by atoms with E-state index in [4.69, 9.17) is 10.4 Å². The van der Waals surface area contributed by atoms with Crippen LogP contribution >= 0.6 is 15.9 Å². The van der Waals surface area contributed by atoms with Crippen molar-refractivity contribution in [1.82, 2.24) is 4.90 Å². The van der Waals surface area contributed by atoms with Crippen LogP contribution in [-0.4, -0.2) is 35.1 Å². The number of nitriles is 1. The molecule has 0 aliphatic carbocycles. The van der Waals surface area contributed by atoms with Crippen molar-refractivity contribution in [3.63, 3.8) is 0 Å². The van der Waals surface area contributed by atoms with Gasteiger partial charge in [0.25, 0.3) is 0 Å². The van der Waals surface area contributed by atoms with Gasteiger partial charge in [-0.15, -0.1) is 0 Å². The van der Waals surface area contributed by atoms with Crippen LogP contribution in [0.3, 0.4) is 0 Å². The Balaban J connectivity index is 1.90. The molecule has 0 aromatic heterocycles. The minimum absolute atomic E-state index is 0.0302. The molecule has 0 bridgehead atoms. The lowest BCUT2D eigenvalue weighted by atomic mass is 9.97. The standard InChI is InChI=1S/C13H12BrN3O3/c14-10-3-8(5-15)1-2-11(10)16-13(20)17-6-9(7-17)4-12(18)19/h1-3,9H,4,6-7H2,(H,16,20)(H,18,19). The van der Waals surface area contributed by atoms with Crippen LogP contribution in [0, 0.1) is 17.2 Å². The van der Waals surface area contributed by atoms with E-state index in [1.165, 1.54) is 0 Å². The molecule has 2 rings (SSSR count). The van der Waals surface area contributed by atoms with E-state index >= 15 is 0 Å². The van der Waals surface area contributed by atoms with Crippen molar-refractivity contribution in [2.75, 3.05) is 18.4 Å². The molecule has 1 aromatic rings. The lowest BCUT2D eigenvalue weighted by molar-refractivity contribution is -0.139.